The van der Waals surface area contributed by atoms with Crippen molar-refractivity contribution in [2.45, 2.75) is 63.3 Å². The second-order valence-corrected chi connectivity index (χ2v) is 14.1. The van der Waals surface area contributed by atoms with Crippen molar-refractivity contribution in [1.82, 2.24) is 29.0 Å². The van der Waals surface area contributed by atoms with Gasteiger partial charge in [0.2, 0.25) is 11.7 Å². The highest BCUT2D eigenvalue weighted by atomic mass is 35.5. The Morgan fingerprint density at radius 1 is 1.02 bits per heavy atom. The van der Waals surface area contributed by atoms with Gasteiger partial charge < -0.3 is 25.0 Å². The molecule has 1 fully saturated rings. The maximum Gasteiger partial charge on any atom is 0.416 e. The summed E-state index contributed by atoms with van der Waals surface area (Å²) >= 11 is 6.13. The molecule has 52 heavy (non-hydrogen) atoms. The summed E-state index contributed by atoms with van der Waals surface area (Å²) in [6.45, 7) is 3.52. The maximum absolute atomic E-state index is 14.4. The number of carbonyl (C=O) groups is 2. The molecule has 5 aromatic rings. The van der Waals surface area contributed by atoms with Gasteiger partial charge >= 0.3 is 6.18 Å². The first-order chi connectivity index (χ1) is 24.6. The van der Waals surface area contributed by atoms with E-state index in [1.165, 1.54) is 18.3 Å². The summed E-state index contributed by atoms with van der Waals surface area (Å²) < 4.78 is 42.4. The van der Waals surface area contributed by atoms with E-state index >= 15 is 0 Å². The second kappa shape index (κ2) is 12.7. The first-order valence-corrected chi connectivity index (χ1v) is 16.9. The van der Waals surface area contributed by atoms with Crippen molar-refractivity contribution < 1.29 is 33.0 Å². The number of rotatable bonds is 6. The summed E-state index contributed by atoms with van der Waals surface area (Å²) in [7, 11) is 0. The number of alkyl halides is 3. The lowest BCUT2D eigenvalue weighted by Gasteiger charge is -2.39. The number of fused-ring (bicyclic) bond motifs is 3. The molecule has 0 radical (unpaired) electrons. The third-order valence-electron chi connectivity index (χ3n) is 9.94. The van der Waals surface area contributed by atoms with Crippen LogP contribution in [-0.4, -0.2) is 64.2 Å². The summed E-state index contributed by atoms with van der Waals surface area (Å²) in [5.41, 5.74) is -0.937. The molecule has 4 heterocycles. The molecule has 7 rings (SSSR count). The summed E-state index contributed by atoms with van der Waals surface area (Å²) in [5.74, 6) is -0.974. The Hall–Kier alpha value is -5.28. The molecule has 16 heteroatoms. The minimum atomic E-state index is -4.62. The van der Waals surface area contributed by atoms with Gasteiger partial charge in [0.1, 0.15) is 12.3 Å². The number of nitrogens with one attached hydrogen (secondary N) is 1. The van der Waals surface area contributed by atoms with E-state index in [-0.39, 0.29) is 53.4 Å². The zero-order valence-electron chi connectivity index (χ0n) is 28.0. The van der Waals surface area contributed by atoms with E-state index in [1.807, 2.05) is 0 Å². The maximum atomic E-state index is 14.4. The van der Waals surface area contributed by atoms with E-state index < -0.39 is 40.1 Å². The average Bonchev–Trinajstić information content (AvgIpc) is 3.70. The highest BCUT2D eigenvalue weighted by molar-refractivity contribution is 6.33. The second-order valence-electron chi connectivity index (χ2n) is 13.7. The molecule has 0 saturated carbocycles. The lowest BCUT2D eigenvalue weighted by Crippen LogP contribution is -2.46. The number of aromatic nitrogens is 5. The van der Waals surface area contributed by atoms with Crippen LogP contribution in [0.25, 0.3) is 17.2 Å². The number of carbonyl (C=O) groups excluding carboxylic acids is 2. The van der Waals surface area contributed by atoms with E-state index in [4.69, 9.17) is 11.6 Å². The number of anilines is 1. The van der Waals surface area contributed by atoms with Crippen LogP contribution in [0.15, 0.2) is 65.6 Å². The van der Waals surface area contributed by atoms with Gasteiger partial charge in [0.05, 0.1) is 21.9 Å². The fraction of sp³-hybridized carbons (Fsp3) is 0.333. The number of aromatic hydroxyl groups is 1. The average molecular weight is 736 g/mol. The number of amides is 2. The molecule has 1 spiro atoms. The molecule has 2 aliphatic rings. The molecular weight excluding hydrogens is 703 g/mol. The van der Waals surface area contributed by atoms with Crippen LogP contribution < -0.4 is 10.9 Å². The van der Waals surface area contributed by atoms with Crippen LogP contribution in [0.3, 0.4) is 0 Å². The van der Waals surface area contributed by atoms with Gasteiger partial charge in [-0.2, -0.15) is 22.7 Å². The number of halogens is 4. The highest BCUT2D eigenvalue weighted by Gasteiger charge is 2.46. The molecule has 270 valence electrons. The first kappa shape index (κ1) is 35.1. The van der Waals surface area contributed by atoms with Gasteiger partial charge in [-0.15, -0.1) is 5.10 Å². The van der Waals surface area contributed by atoms with Gasteiger partial charge in [-0.1, -0.05) is 35.9 Å². The van der Waals surface area contributed by atoms with Crippen LogP contribution in [0.4, 0.5) is 18.9 Å². The predicted octanol–water partition coefficient (Wildman–Crippen LogP) is 5.32. The Bertz CT molecular complexity index is 2290. The van der Waals surface area contributed by atoms with E-state index in [1.54, 1.807) is 47.6 Å². The normalized spacial score (nSPS) is 15.6. The van der Waals surface area contributed by atoms with Gasteiger partial charge in [0.25, 0.3) is 11.5 Å². The monoisotopic (exact) mass is 735 g/mol. The van der Waals surface area contributed by atoms with E-state index in [0.29, 0.717) is 48.1 Å². The molecule has 3 aromatic heterocycles. The number of hydrogen-bond acceptors (Lipinski definition) is 8. The lowest BCUT2D eigenvalue weighted by atomic mass is 9.74. The fourth-order valence-corrected chi connectivity index (χ4v) is 7.39. The molecule has 0 bridgehead atoms. The number of piperidine rings is 1. The smallest absolute Gasteiger partial charge is 0.416 e. The van der Waals surface area contributed by atoms with Gasteiger partial charge in [-0.05, 0) is 75.4 Å². The molecule has 1 aliphatic carbocycles. The summed E-state index contributed by atoms with van der Waals surface area (Å²) in [4.78, 5) is 51.5. The van der Waals surface area contributed by atoms with Crippen molar-refractivity contribution >= 4 is 34.9 Å². The molecule has 3 N–H and O–H groups in total. The number of pyridine rings is 1. The third-order valence-corrected chi connectivity index (χ3v) is 10.3. The van der Waals surface area contributed by atoms with Crippen molar-refractivity contribution in [2.75, 3.05) is 18.4 Å². The molecule has 1 saturated heterocycles. The zero-order chi connectivity index (χ0) is 37.2. The third kappa shape index (κ3) is 6.27. The number of hydrogen-bond donors (Lipinski definition) is 3. The van der Waals surface area contributed by atoms with Gasteiger partial charge in [-0.3, -0.25) is 14.4 Å². The number of aliphatic hydroxyl groups is 1. The van der Waals surface area contributed by atoms with E-state index in [9.17, 15) is 37.8 Å². The predicted molar refractivity (Wildman–Crippen MR) is 184 cm³/mol. The van der Waals surface area contributed by atoms with Crippen LogP contribution >= 0.6 is 11.6 Å². The minimum Gasteiger partial charge on any atom is -0.505 e. The van der Waals surface area contributed by atoms with Gasteiger partial charge in [0.15, 0.2) is 11.5 Å². The lowest BCUT2D eigenvalue weighted by molar-refractivity contribution is -0.137. The van der Waals surface area contributed by atoms with Crippen LogP contribution in [0.5, 0.6) is 5.75 Å². The van der Waals surface area contributed by atoms with Crippen molar-refractivity contribution in [3.05, 3.63) is 104 Å². The van der Waals surface area contributed by atoms with Gasteiger partial charge in [-0.25, -0.2) is 4.98 Å². The van der Waals surface area contributed by atoms with Crippen molar-refractivity contribution in [1.29, 1.82) is 0 Å². The topological polar surface area (TPSA) is 155 Å². The van der Waals surface area contributed by atoms with E-state index in [0.717, 1.165) is 22.7 Å². The van der Waals surface area contributed by atoms with Crippen molar-refractivity contribution in [3.63, 3.8) is 0 Å². The zero-order valence-corrected chi connectivity index (χ0v) is 28.8. The first-order valence-electron chi connectivity index (χ1n) is 16.5. The summed E-state index contributed by atoms with van der Waals surface area (Å²) in [6, 6.07) is 12.4. The Labute approximate surface area is 299 Å². The molecule has 2 aromatic carbocycles. The Balaban J connectivity index is 1.26. The van der Waals surface area contributed by atoms with Gasteiger partial charge in [0, 0.05) is 41.5 Å². The molecular formula is C36H33ClF3N7O5. The number of likely N-dealkylation sites (tertiary alicyclic amines) is 1. The van der Waals surface area contributed by atoms with Crippen LogP contribution in [0.1, 0.15) is 66.0 Å². The standard InChI is InChI=1S/C36H33ClF3N7O5/c1-34(2,52)21-7-5-20(6-8-21)30-43-33-46(19-27(49)42-24-10-9-22(18-23(24)37)36(38,39)40)25-11-12-35(28(25)31(50)47(33)44-30)13-16-45(17-14-35)32(51)29-26(48)4-3-15-41-29/h3-10,15,18,48,52H,11-14,16-17,19H2,1-2H3,(H,42,49). The quantitative estimate of drug-likeness (QED) is 0.212. The number of benzene rings is 2. The summed E-state index contributed by atoms with van der Waals surface area (Å²) in [5, 5.41) is 27.5. The van der Waals surface area contributed by atoms with Crippen LogP contribution in [-0.2, 0) is 35.0 Å². The SMILES string of the molecule is CC(C)(O)c1ccc(-c2nc3n(CC(=O)Nc4ccc(C(F)(F)F)cc4Cl)c4c(c(=O)n3n2)C2(CC4)CCN(C(=O)c3ncccc3O)CC2)cc1. The Morgan fingerprint density at radius 3 is 2.35 bits per heavy atom. The highest BCUT2D eigenvalue weighted by Crippen LogP contribution is 2.45. The molecule has 12 nitrogen and oxygen atoms in total. The fourth-order valence-electron chi connectivity index (χ4n) is 7.17. The van der Waals surface area contributed by atoms with Crippen molar-refractivity contribution in [2.24, 2.45) is 0 Å². The molecule has 0 atom stereocenters. The van der Waals surface area contributed by atoms with Crippen LogP contribution in [0.2, 0.25) is 5.02 Å². The van der Waals surface area contributed by atoms with Crippen LogP contribution in [0, 0.1) is 0 Å². The molecule has 2 amide bonds. The minimum absolute atomic E-state index is 0.0186. The molecule has 1 aliphatic heterocycles. The largest absolute Gasteiger partial charge is 0.505 e. The summed E-state index contributed by atoms with van der Waals surface area (Å²) in [6.07, 6.45) is -1.38. The van der Waals surface area contributed by atoms with Crippen molar-refractivity contribution in [3.8, 4) is 17.1 Å². The molecule has 0 unspecified atom stereocenters. The Morgan fingerprint density at radius 2 is 1.71 bits per heavy atom. The Kier molecular flexibility index (Phi) is 8.61. The number of nitrogens with zero attached hydrogens (tertiary/aromatic N) is 6. The van der Waals surface area contributed by atoms with E-state index in [2.05, 4.69) is 20.4 Å².